The molecule has 0 saturated carbocycles. The molecule has 1 aromatic carbocycles. The normalized spacial score (nSPS) is 10.5. The molecule has 1 N–H and O–H groups in total. The van der Waals surface area contributed by atoms with Gasteiger partial charge < -0.3 is 10.1 Å². The van der Waals surface area contributed by atoms with Crippen LogP contribution in [0.4, 0.5) is 0 Å². The molecule has 0 radical (unpaired) electrons. The van der Waals surface area contributed by atoms with Crippen molar-refractivity contribution >= 4 is 17.7 Å². The minimum atomic E-state index is 0.0305. The lowest BCUT2D eigenvalue weighted by molar-refractivity contribution is -0.120. The van der Waals surface area contributed by atoms with E-state index in [1.165, 1.54) is 17.3 Å². The lowest BCUT2D eigenvalue weighted by Gasteiger charge is -2.07. The van der Waals surface area contributed by atoms with Crippen LogP contribution in [0.3, 0.4) is 0 Å². The quantitative estimate of drug-likeness (QED) is 0.553. The van der Waals surface area contributed by atoms with Crippen molar-refractivity contribution in [2.45, 2.75) is 24.9 Å². The largest absolute Gasteiger partial charge is 0.494 e. The van der Waals surface area contributed by atoms with Crippen LogP contribution < -0.4 is 10.1 Å². The second kappa shape index (κ2) is 9.14. The molecule has 0 bridgehead atoms. The maximum Gasteiger partial charge on any atom is 0.220 e. The molecular weight excluding hydrogens is 314 g/mol. The first kappa shape index (κ1) is 17.3. The number of thioether (sulfide) groups is 1. The summed E-state index contributed by atoms with van der Waals surface area (Å²) in [6.07, 6.45) is 1.22. The molecule has 2 rings (SSSR count). The van der Waals surface area contributed by atoms with E-state index in [9.17, 15) is 4.79 Å². The SMILES string of the molecule is Cc1ccc(OCCCNC(=O)CCSc2nnnn2C)cc1. The fourth-order valence-electron chi connectivity index (χ4n) is 1.79. The number of nitrogens with zero attached hydrogens (tertiary/aromatic N) is 4. The van der Waals surface area contributed by atoms with E-state index in [-0.39, 0.29) is 5.91 Å². The minimum absolute atomic E-state index is 0.0305. The van der Waals surface area contributed by atoms with E-state index < -0.39 is 0 Å². The van der Waals surface area contributed by atoms with Crippen LogP contribution in [0.15, 0.2) is 29.4 Å². The van der Waals surface area contributed by atoms with Gasteiger partial charge in [-0.25, -0.2) is 4.68 Å². The number of hydrogen-bond acceptors (Lipinski definition) is 6. The Labute approximate surface area is 139 Å². The maximum absolute atomic E-state index is 11.7. The van der Waals surface area contributed by atoms with Crippen molar-refractivity contribution in [1.82, 2.24) is 25.5 Å². The van der Waals surface area contributed by atoms with Gasteiger partial charge in [0.05, 0.1) is 6.61 Å². The average molecular weight is 335 g/mol. The van der Waals surface area contributed by atoms with Crippen molar-refractivity contribution < 1.29 is 9.53 Å². The van der Waals surface area contributed by atoms with Gasteiger partial charge in [-0.1, -0.05) is 29.5 Å². The first-order chi connectivity index (χ1) is 11.1. The average Bonchev–Trinajstić information content (AvgIpc) is 2.94. The first-order valence-corrected chi connectivity index (χ1v) is 8.45. The number of aryl methyl sites for hydroxylation is 2. The predicted octanol–water partition coefficient (Wildman–Crippen LogP) is 1.59. The molecule has 0 spiro atoms. The molecular formula is C15H21N5O2S. The molecule has 1 heterocycles. The van der Waals surface area contributed by atoms with Gasteiger partial charge in [0.15, 0.2) is 0 Å². The smallest absolute Gasteiger partial charge is 0.220 e. The zero-order chi connectivity index (χ0) is 16.5. The Morgan fingerprint density at radius 3 is 2.83 bits per heavy atom. The van der Waals surface area contributed by atoms with Crippen molar-refractivity contribution in [2.24, 2.45) is 7.05 Å². The molecule has 0 aliphatic rings. The molecule has 0 aliphatic carbocycles. The number of nitrogens with one attached hydrogen (secondary N) is 1. The summed E-state index contributed by atoms with van der Waals surface area (Å²) in [6.45, 7) is 3.24. The Hall–Kier alpha value is -2.09. The highest BCUT2D eigenvalue weighted by molar-refractivity contribution is 7.99. The zero-order valence-electron chi connectivity index (χ0n) is 13.4. The Bertz CT molecular complexity index is 615. The van der Waals surface area contributed by atoms with E-state index in [4.69, 9.17) is 4.74 Å². The second-order valence-electron chi connectivity index (χ2n) is 5.05. The molecule has 0 fully saturated rings. The highest BCUT2D eigenvalue weighted by Gasteiger charge is 2.05. The predicted molar refractivity (Wildman–Crippen MR) is 88.4 cm³/mol. The lowest BCUT2D eigenvalue weighted by Crippen LogP contribution is -2.25. The van der Waals surface area contributed by atoms with Gasteiger partial charge in [0.1, 0.15) is 5.75 Å². The van der Waals surface area contributed by atoms with Crippen LogP contribution >= 0.6 is 11.8 Å². The lowest BCUT2D eigenvalue weighted by atomic mass is 10.2. The summed E-state index contributed by atoms with van der Waals surface area (Å²) in [7, 11) is 1.77. The number of hydrogen-bond donors (Lipinski definition) is 1. The molecule has 8 heteroatoms. The number of ether oxygens (including phenoxy) is 1. The molecule has 0 saturated heterocycles. The monoisotopic (exact) mass is 335 g/mol. The van der Waals surface area contributed by atoms with Gasteiger partial charge in [-0.2, -0.15) is 0 Å². The summed E-state index contributed by atoms with van der Waals surface area (Å²) in [5.74, 6) is 1.54. The molecule has 0 aliphatic heterocycles. The third-order valence-corrected chi connectivity index (χ3v) is 4.09. The molecule has 1 aromatic heterocycles. The molecule has 0 atom stereocenters. The van der Waals surface area contributed by atoms with E-state index >= 15 is 0 Å². The number of rotatable bonds is 9. The number of amides is 1. The van der Waals surface area contributed by atoms with E-state index in [0.717, 1.165) is 12.2 Å². The number of aromatic nitrogens is 4. The van der Waals surface area contributed by atoms with Gasteiger partial charge in [0, 0.05) is 25.8 Å². The Morgan fingerprint density at radius 1 is 1.35 bits per heavy atom. The van der Waals surface area contributed by atoms with E-state index in [1.807, 2.05) is 31.2 Å². The third kappa shape index (κ3) is 6.27. The fraction of sp³-hybridized carbons (Fsp3) is 0.467. The molecule has 124 valence electrons. The number of carbonyl (C=O) groups excluding carboxylic acids is 1. The first-order valence-electron chi connectivity index (χ1n) is 7.46. The summed E-state index contributed by atoms with van der Waals surface area (Å²) in [5, 5.41) is 14.7. The number of carbonyl (C=O) groups is 1. The van der Waals surface area contributed by atoms with Crippen LogP contribution in [0.5, 0.6) is 5.75 Å². The summed E-state index contributed by atoms with van der Waals surface area (Å²) in [5.41, 5.74) is 1.21. The van der Waals surface area contributed by atoms with Crippen molar-refractivity contribution in [3.8, 4) is 5.75 Å². The van der Waals surface area contributed by atoms with Crippen molar-refractivity contribution in [3.05, 3.63) is 29.8 Å². The van der Waals surface area contributed by atoms with Gasteiger partial charge in [0.25, 0.3) is 0 Å². The van der Waals surface area contributed by atoms with Crippen molar-refractivity contribution in [3.63, 3.8) is 0 Å². The van der Waals surface area contributed by atoms with Gasteiger partial charge in [0.2, 0.25) is 11.1 Å². The van der Waals surface area contributed by atoms with Crippen LogP contribution in [-0.2, 0) is 11.8 Å². The molecule has 23 heavy (non-hydrogen) atoms. The molecule has 1 amide bonds. The van der Waals surface area contributed by atoms with E-state index in [0.29, 0.717) is 30.5 Å². The topological polar surface area (TPSA) is 81.9 Å². The summed E-state index contributed by atoms with van der Waals surface area (Å²) >= 11 is 1.47. The Kier molecular flexibility index (Phi) is 6.86. The highest BCUT2D eigenvalue weighted by atomic mass is 32.2. The molecule has 2 aromatic rings. The maximum atomic E-state index is 11.7. The molecule has 0 unspecified atom stereocenters. The van der Waals surface area contributed by atoms with Crippen LogP contribution in [0.25, 0.3) is 0 Å². The van der Waals surface area contributed by atoms with E-state index in [2.05, 4.69) is 20.8 Å². The van der Waals surface area contributed by atoms with Crippen LogP contribution in [0, 0.1) is 6.92 Å². The van der Waals surface area contributed by atoms with Gasteiger partial charge in [-0.3, -0.25) is 4.79 Å². The Morgan fingerprint density at radius 2 is 2.13 bits per heavy atom. The van der Waals surface area contributed by atoms with Crippen LogP contribution in [-0.4, -0.2) is 45.0 Å². The van der Waals surface area contributed by atoms with E-state index in [1.54, 1.807) is 11.7 Å². The summed E-state index contributed by atoms with van der Waals surface area (Å²) in [4.78, 5) is 11.7. The third-order valence-electron chi connectivity index (χ3n) is 3.07. The van der Waals surface area contributed by atoms with Gasteiger partial charge in [-0.05, 0) is 35.9 Å². The summed E-state index contributed by atoms with van der Waals surface area (Å²) in [6, 6.07) is 7.93. The van der Waals surface area contributed by atoms with Gasteiger partial charge >= 0.3 is 0 Å². The van der Waals surface area contributed by atoms with Gasteiger partial charge in [-0.15, -0.1) is 5.10 Å². The zero-order valence-corrected chi connectivity index (χ0v) is 14.2. The number of tetrazole rings is 1. The van der Waals surface area contributed by atoms with Crippen molar-refractivity contribution in [1.29, 1.82) is 0 Å². The molecule has 7 nitrogen and oxygen atoms in total. The van der Waals surface area contributed by atoms with Crippen molar-refractivity contribution in [2.75, 3.05) is 18.9 Å². The number of benzene rings is 1. The highest BCUT2D eigenvalue weighted by Crippen LogP contribution is 2.13. The summed E-state index contributed by atoms with van der Waals surface area (Å²) < 4.78 is 7.19. The fourth-order valence-corrected chi connectivity index (χ4v) is 2.58. The Balaban J connectivity index is 1.51. The van der Waals surface area contributed by atoms with Crippen LogP contribution in [0.1, 0.15) is 18.4 Å². The second-order valence-corrected chi connectivity index (χ2v) is 6.11. The minimum Gasteiger partial charge on any atom is -0.494 e. The van der Waals surface area contributed by atoms with Crippen LogP contribution in [0.2, 0.25) is 0 Å². The standard InChI is InChI=1S/C15H21N5O2S/c1-12-4-6-13(7-5-12)22-10-3-9-16-14(21)8-11-23-15-17-18-19-20(15)2/h4-7H,3,8-11H2,1-2H3,(H,16,21).